The van der Waals surface area contributed by atoms with E-state index >= 15 is 0 Å². The Balaban J connectivity index is 2.04. The molecule has 0 saturated heterocycles. The number of aromatic hydroxyl groups is 1. The number of phenols is 1. The fourth-order valence-electron chi connectivity index (χ4n) is 2.19. The number of hydrogen-bond donors (Lipinski definition) is 1. The minimum absolute atomic E-state index is 0.0375. The van der Waals surface area contributed by atoms with Crippen LogP contribution in [0.3, 0.4) is 0 Å². The molecule has 1 N–H and O–H groups in total. The van der Waals surface area contributed by atoms with E-state index in [1.807, 2.05) is 30.3 Å². The number of thiazole rings is 1. The van der Waals surface area contributed by atoms with E-state index in [0.717, 1.165) is 10.8 Å². The molecule has 0 atom stereocenters. The van der Waals surface area contributed by atoms with Crippen LogP contribution in [-0.2, 0) is 0 Å². The summed E-state index contributed by atoms with van der Waals surface area (Å²) in [7, 11) is 0. The van der Waals surface area contributed by atoms with Crippen LogP contribution in [0.15, 0.2) is 46.6 Å². The fraction of sp³-hybridized carbons (Fsp3) is 0.125. The maximum absolute atomic E-state index is 11.4. The largest absolute Gasteiger partial charge is 0.506 e. The molecule has 3 aromatic rings. The molecule has 110 valence electrons. The third-order valence-electron chi connectivity index (χ3n) is 3.22. The number of benzene rings is 2. The minimum atomic E-state index is -0.0375. The summed E-state index contributed by atoms with van der Waals surface area (Å²) in [5, 5.41) is 20.4. The molecule has 0 unspecified atom stereocenters. The van der Waals surface area contributed by atoms with Crippen LogP contribution < -0.4 is 0 Å². The van der Waals surface area contributed by atoms with Gasteiger partial charge in [-0.3, -0.25) is 4.79 Å². The summed E-state index contributed by atoms with van der Waals surface area (Å²) in [5.74, 6) is 0.0203. The monoisotopic (exact) mass is 311 g/mol. The van der Waals surface area contributed by atoms with Gasteiger partial charge in [-0.15, -0.1) is 10.2 Å². The maximum Gasteiger partial charge on any atom is 0.230 e. The zero-order valence-electron chi connectivity index (χ0n) is 12.1. The summed E-state index contributed by atoms with van der Waals surface area (Å²) in [6, 6.07) is 11.0. The van der Waals surface area contributed by atoms with Gasteiger partial charge in [0.05, 0.1) is 10.6 Å². The second-order valence-corrected chi connectivity index (χ2v) is 5.80. The molecule has 0 fully saturated rings. The predicted octanol–water partition coefficient (Wildman–Crippen LogP) is 4.93. The fourth-order valence-corrected chi connectivity index (χ4v) is 2.98. The number of fused-ring (bicyclic) bond motifs is 1. The number of azo groups is 1. The van der Waals surface area contributed by atoms with E-state index in [4.69, 9.17) is 0 Å². The number of hydrogen-bond acceptors (Lipinski definition) is 6. The lowest BCUT2D eigenvalue weighted by Crippen LogP contribution is -1.89. The molecule has 6 heteroatoms. The van der Waals surface area contributed by atoms with Crippen molar-refractivity contribution in [2.24, 2.45) is 10.2 Å². The van der Waals surface area contributed by atoms with Crippen molar-refractivity contribution in [1.82, 2.24) is 4.98 Å². The van der Waals surface area contributed by atoms with E-state index in [1.165, 1.54) is 18.3 Å². The smallest absolute Gasteiger partial charge is 0.230 e. The van der Waals surface area contributed by atoms with Gasteiger partial charge in [-0.05, 0) is 18.4 Å². The number of carbonyl (C=O) groups excluding carboxylic acids is 1. The van der Waals surface area contributed by atoms with Gasteiger partial charge in [0.15, 0.2) is 5.78 Å². The molecule has 0 amide bonds. The summed E-state index contributed by atoms with van der Waals surface area (Å²) in [4.78, 5) is 16.2. The second kappa shape index (κ2) is 5.65. The van der Waals surface area contributed by atoms with Gasteiger partial charge in [0, 0.05) is 12.3 Å². The number of ketones is 1. The topological polar surface area (TPSA) is 74.9 Å². The van der Waals surface area contributed by atoms with Crippen molar-refractivity contribution in [3.8, 4) is 5.75 Å². The van der Waals surface area contributed by atoms with Crippen LogP contribution >= 0.6 is 11.3 Å². The number of phenolic OH excluding ortho intramolecular Hbond substituents is 1. The van der Waals surface area contributed by atoms with E-state index in [0.29, 0.717) is 21.4 Å². The van der Waals surface area contributed by atoms with Crippen molar-refractivity contribution in [1.29, 1.82) is 0 Å². The highest BCUT2D eigenvalue weighted by atomic mass is 32.1. The van der Waals surface area contributed by atoms with Gasteiger partial charge in [-0.25, -0.2) is 4.98 Å². The Bertz CT molecular complexity index is 900. The zero-order valence-corrected chi connectivity index (χ0v) is 12.9. The molecule has 1 aromatic heterocycles. The third kappa shape index (κ3) is 2.60. The zero-order chi connectivity index (χ0) is 15.7. The first kappa shape index (κ1) is 14.3. The van der Waals surface area contributed by atoms with Gasteiger partial charge in [0.2, 0.25) is 5.13 Å². The van der Waals surface area contributed by atoms with Gasteiger partial charge < -0.3 is 5.11 Å². The van der Waals surface area contributed by atoms with Gasteiger partial charge in [0.1, 0.15) is 11.4 Å². The molecule has 22 heavy (non-hydrogen) atoms. The van der Waals surface area contributed by atoms with Crippen molar-refractivity contribution in [3.63, 3.8) is 0 Å². The highest BCUT2D eigenvalue weighted by Crippen LogP contribution is 2.36. The number of rotatable bonds is 3. The van der Waals surface area contributed by atoms with Gasteiger partial charge in [0.25, 0.3) is 0 Å². The molecule has 5 nitrogen and oxygen atoms in total. The summed E-state index contributed by atoms with van der Waals surface area (Å²) in [5.41, 5.74) is 1.05. The second-order valence-electron chi connectivity index (χ2n) is 4.82. The normalized spacial score (nSPS) is 11.4. The molecule has 0 radical (unpaired) electrons. The van der Waals surface area contributed by atoms with Gasteiger partial charge >= 0.3 is 0 Å². The summed E-state index contributed by atoms with van der Waals surface area (Å²) >= 11 is 1.20. The molecule has 0 saturated carbocycles. The van der Waals surface area contributed by atoms with Crippen LogP contribution in [0.25, 0.3) is 10.8 Å². The van der Waals surface area contributed by atoms with E-state index in [-0.39, 0.29) is 11.5 Å². The van der Waals surface area contributed by atoms with Crippen LogP contribution in [0.5, 0.6) is 5.75 Å². The first-order chi connectivity index (χ1) is 10.6. The summed E-state index contributed by atoms with van der Waals surface area (Å²) in [6.45, 7) is 3.26. The number of nitrogens with zero attached hydrogens (tertiary/aromatic N) is 3. The van der Waals surface area contributed by atoms with Crippen molar-refractivity contribution in [2.45, 2.75) is 13.8 Å². The van der Waals surface area contributed by atoms with Gasteiger partial charge in [-0.1, -0.05) is 41.7 Å². The van der Waals surface area contributed by atoms with Crippen molar-refractivity contribution in [3.05, 3.63) is 47.0 Å². The predicted molar refractivity (Wildman–Crippen MR) is 86.6 cm³/mol. The molecule has 2 aromatic carbocycles. The average Bonchev–Trinajstić information content (AvgIpc) is 2.87. The van der Waals surface area contributed by atoms with Gasteiger partial charge in [-0.2, -0.15) is 0 Å². The highest BCUT2D eigenvalue weighted by Gasteiger charge is 2.11. The number of aromatic nitrogens is 1. The summed E-state index contributed by atoms with van der Waals surface area (Å²) in [6.07, 6.45) is 0. The van der Waals surface area contributed by atoms with E-state index in [2.05, 4.69) is 15.2 Å². The number of Topliss-reactive ketones (excluding diaryl/α,β-unsaturated/α-hetero) is 1. The Labute approximate surface area is 131 Å². The first-order valence-corrected chi connectivity index (χ1v) is 7.48. The average molecular weight is 311 g/mol. The minimum Gasteiger partial charge on any atom is -0.506 e. The van der Waals surface area contributed by atoms with E-state index in [9.17, 15) is 9.90 Å². The lowest BCUT2D eigenvalue weighted by Gasteiger charge is -2.02. The number of aryl methyl sites for hydroxylation is 1. The van der Waals surface area contributed by atoms with Crippen LogP contribution in [0.1, 0.15) is 22.3 Å². The third-order valence-corrected chi connectivity index (χ3v) is 4.36. The van der Waals surface area contributed by atoms with Crippen molar-refractivity contribution in [2.75, 3.05) is 0 Å². The Hall–Kier alpha value is -2.60. The molecule has 0 aliphatic rings. The Morgan fingerprint density at radius 1 is 1.18 bits per heavy atom. The molecule has 0 bridgehead atoms. The SMILES string of the molecule is CC(=O)c1sc(N=Nc2c(O)ccc3ccccc23)nc1C. The van der Waals surface area contributed by atoms with E-state index in [1.54, 1.807) is 13.0 Å². The maximum atomic E-state index is 11.4. The van der Waals surface area contributed by atoms with Crippen LogP contribution in [-0.4, -0.2) is 15.9 Å². The number of carbonyl (C=O) groups is 1. The lowest BCUT2D eigenvalue weighted by molar-refractivity contribution is 0.102. The quantitative estimate of drug-likeness (QED) is 0.550. The Morgan fingerprint density at radius 3 is 2.68 bits per heavy atom. The molecule has 0 aliphatic carbocycles. The molecule has 0 aliphatic heterocycles. The molecular weight excluding hydrogens is 298 g/mol. The molecule has 3 rings (SSSR count). The highest BCUT2D eigenvalue weighted by molar-refractivity contribution is 7.17. The Kier molecular flexibility index (Phi) is 3.68. The molecule has 1 heterocycles. The molecule has 0 spiro atoms. The first-order valence-electron chi connectivity index (χ1n) is 6.67. The Morgan fingerprint density at radius 2 is 1.95 bits per heavy atom. The van der Waals surface area contributed by atoms with Crippen LogP contribution in [0.2, 0.25) is 0 Å². The van der Waals surface area contributed by atoms with Crippen molar-refractivity contribution >= 4 is 38.7 Å². The standard InChI is InChI=1S/C16H13N3O2S/c1-9-15(10(2)20)22-16(17-9)19-18-14-12-6-4-3-5-11(12)7-8-13(14)21/h3-8,21H,1-2H3. The molecular formula is C16H13N3O2S. The van der Waals surface area contributed by atoms with Crippen molar-refractivity contribution < 1.29 is 9.90 Å². The van der Waals surface area contributed by atoms with Crippen LogP contribution in [0.4, 0.5) is 10.8 Å². The lowest BCUT2D eigenvalue weighted by atomic mass is 10.1. The van der Waals surface area contributed by atoms with Crippen LogP contribution in [0, 0.1) is 6.92 Å². The van der Waals surface area contributed by atoms with E-state index < -0.39 is 0 Å². The summed E-state index contributed by atoms with van der Waals surface area (Å²) < 4.78 is 0.